The van der Waals surface area contributed by atoms with E-state index < -0.39 is 0 Å². The van der Waals surface area contributed by atoms with Crippen LogP contribution in [0, 0.1) is 0 Å². The minimum atomic E-state index is -0.0899. The average molecular weight is 295 g/mol. The van der Waals surface area contributed by atoms with Crippen LogP contribution >= 0.6 is 11.6 Å². The van der Waals surface area contributed by atoms with Gasteiger partial charge in [-0.15, -0.1) is 0 Å². The lowest BCUT2D eigenvalue weighted by atomic mass is 10.1. The van der Waals surface area contributed by atoms with Crippen molar-refractivity contribution in [3.05, 3.63) is 28.8 Å². The van der Waals surface area contributed by atoms with Crippen LogP contribution in [0.15, 0.2) is 18.2 Å². The molecule has 0 radical (unpaired) electrons. The highest BCUT2D eigenvalue weighted by atomic mass is 35.5. The summed E-state index contributed by atoms with van der Waals surface area (Å²) >= 11 is 5.81. The Bertz CT molecular complexity index is 521. The molecule has 1 atom stereocenters. The molecule has 0 spiro atoms. The van der Waals surface area contributed by atoms with Gasteiger partial charge in [0.15, 0.2) is 0 Å². The van der Waals surface area contributed by atoms with E-state index in [1.165, 1.54) is 12.5 Å². The monoisotopic (exact) mass is 294 g/mol. The van der Waals surface area contributed by atoms with E-state index in [1.54, 1.807) is 12.1 Å². The van der Waals surface area contributed by atoms with Crippen LogP contribution in [0.2, 0.25) is 5.02 Å². The number of benzene rings is 1. The minimum absolute atomic E-state index is 0.0324. The molecule has 0 saturated carbocycles. The highest BCUT2D eigenvalue weighted by molar-refractivity contribution is 6.30. The van der Waals surface area contributed by atoms with Gasteiger partial charge in [0.25, 0.3) is 5.91 Å². The minimum Gasteiger partial charge on any atom is -0.507 e. The van der Waals surface area contributed by atoms with E-state index in [0.717, 1.165) is 39.0 Å². The Labute approximate surface area is 123 Å². The van der Waals surface area contributed by atoms with E-state index in [9.17, 15) is 9.90 Å². The van der Waals surface area contributed by atoms with E-state index >= 15 is 0 Å². The zero-order valence-electron chi connectivity index (χ0n) is 11.4. The van der Waals surface area contributed by atoms with Gasteiger partial charge in [-0.2, -0.15) is 0 Å². The van der Waals surface area contributed by atoms with Crippen LogP contribution in [0.4, 0.5) is 0 Å². The average Bonchev–Trinajstić information content (AvgIpc) is 2.75. The third-order valence-electron chi connectivity index (χ3n) is 4.28. The zero-order chi connectivity index (χ0) is 14.1. The Morgan fingerprint density at radius 2 is 2.05 bits per heavy atom. The molecular weight excluding hydrogens is 276 g/mol. The Kier molecular flexibility index (Phi) is 3.85. The maximum absolute atomic E-state index is 12.6. The number of carbonyl (C=O) groups is 1. The van der Waals surface area contributed by atoms with Gasteiger partial charge in [-0.1, -0.05) is 11.6 Å². The summed E-state index contributed by atoms with van der Waals surface area (Å²) in [6.45, 7) is 3.74. The number of hydrogen-bond acceptors (Lipinski definition) is 3. The molecule has 108 valence electrons. The molecule has 2 heterocycles. The number of fused-ring (bicyclic) bond motifs is 1. The second-order valence-corrected chi connectivity index (χ2v) is 6.03. The SMILES string of the molecule is O=C(c1ccc(Cl)cc1O)N1CCCN2CCCC2C1. The van der Waals surface area contributed by atoms with Gasteiger partial charge in [-0.3, -0.25) is 9.69 Å². The van der Waals surface area contributed by atoms with Gasteiger partial charge < -0.3 is 10.0 Å². The molecule has 1 aromatic carbocycles. The quantitative estimate of drug-likeness (QED) is 0.865. The molecule has 0 aliphatic carbocycles. The second kappa shape index (κ2) is 5.62. The van der Waals surface area contributed by atoms with Gasteiger partial charge in [-0.05, 0) is 44.0 Å². The summed E-state index contributed by atoms with van der Waals surface area (Å²) in [5.74, 6) is -0.122. The molecule has 2 aliphatic heterocycles. The molecule has 1 N–H and O–H groups in total. The molecule has 0 aromatic heterocycles. The van der Waals surface area contributed by atoms with Crippen molar-refractivity contribution in [2.24, 2.45) is 0 Å². The normalized spacial score (nSPS) is 23.4. The summed E-state index contributed by atoms with van der Waals surface area (Å²) in [5, 5.41) is 10.3. The van der Waals surface area contributed by atoms with E-state index in [-0.39, 0.29) is 11.7 Å². The van der Waals surface area contributed by atoms with Crippen molar-refractivity contribution < 1.29 is 9.90 Å². The molecule has 1 unspecified atom stereocenters. The fourth-order valence-electron chi connectivity index (χ4n) is 3.25. The molecule has 0 bridgehead atoms. The number of halogens is 1. The molecule has 5 heteroatoms. The lowest BCUT2D eigenvalue weighted by Gasteiger charge is -2.26. The Balaban J connectivity index is 1.79. The summed E-state index contributed by atoms with van der Waals surface area (Å²) in [6.07, 6.45) is 3.38. The van der Waals surface area contributed by atoms with Gasteiger partial charge in [0.2, 0.25) is 0 Å². The van der Waals surface area contributed by atoms with Gasteiger partial charge >= 0.3 is 0 Å². The lowest BCUT2D eigenvalue weighted by Crippen LogP contribution is -2.39. The Hall–Kier alpha value is -1.26. The number of carbonyl (C=O) groups excluding carboxylic acids is 1. The van der Waals surface area contributed by atoms with Crippen molar-refractivity contribution in [2.45, 2.75) is 25.3 Å². The van der Waals surface area contributed by atoms with Crippen LogP contribution in [0.5, 0.6) is 5.75 Å². The van der Waals surface area contributed by atoms with Crippen molar-refractivity contribution in [3.63, 3.8) is 0 Å². The molecule has 4 nitrogen and oxygen atoms in total. The first-order valence-corrected chi connectivity index (χ1v) is 7.55. The van der Waals surface area contributed by atoms with Crippen molar-refractivity contribution in [3.8, 4) is 5.75 Å². The summed E-state index contributed by atoms with van der Waals surface area (Å²) < 4.78 is 0. The van der Waals surface area contributed by atoms with Gasteiger partial charge in [0.1, 0.15) is 5.75 Å². The molecule has 2 fully saturated rings. The molecule has 1 amide bonds. The third-order valence-corrected chi connectivity index (χ3v) is 4.52. The summed E-state index contributed by atoms with van der Waals surface area (Å²) in [5.41, 5.74) is 0.348. The molecule has 1 aromatic rings. The van der Waals surface area contributed by atoms with Crippen LogP contribution in [0.25, 0.3) is 0 Å². The van der Waals surface area contributed by atoms with Crippen LogP contribution in [-0.2, 0) is 0 Å². The zero-order valence-corrected chi connectivity index (χ0v) is 12.1. The topological polar surface area (TPSA) is 43.8 Å². The van der Waals surface area contributed by atoms with Crippen LogP contribution in [0.3, 0.4) is 0 Å². The first kappa shape index (κ1) is 13.7. The van der Waals surface area contributed by atoms with E-state index in [4.69, 9.17) is 11.6 Å². The second-order valence-electron chi connectivity index (χ2n) is 5.60. The van der Waals surface area contributed by atoms with Crippen molar-refractivity contribution in [1.29, 1.82) is 0 Å². The number of nitrogens with zero attached hydrogens (tertiary/aromatic N) is 2. The van der Waals surface area contributed by atoms with Gasteiger partial charge in [0, 0.05) is 30.7 Å². The lowest BCUT2D eigenvalue weighted by molar-refractivity contribution is 0.0740. The third kappa shape index (κ3) is 2.63. The smallest absolute Gasteiger partial charge is 0.257 e. The molecule has 20 heavy (non-hydrogen) atoms. The summed E-state index contributed by atoms with van der Waals surface area (Å²) in [6, 6.07) is 5.16. The van der Waals surface area contributed by atoms with Crippen molar-refractivity contribution in [1.82, 2.24) is 9.80 Å². The van der Waals surface area contributed by atoms with Crippen molar-refractivity contribution in [2.75, 3.05) is 26.2 Å². The fourth-order valence-corrected chi connectivity index (χ4v) is 3.41. The van der Waals surface area contributed by atoms with E-state index in [2.05, 4.69) is 4.90 Å². The van der Waals surface area contributed by atoms with Gasteiger partial charge in [-0.25, -0.2) is 0 Å². The van der Waals surface area contributed by atoms with E-state index in [1.807, 2.05) is 4.90 Å². The number of rotatable bonds is 1. The fraction of sp³-hybridized carbons (Fsp3) is 0.533. The van der Waals surface area contributed by atoms with Crippen LogP contribution in [0.1, 0.15) is 29.6 Å². The first-order chi connectivity index (χ1) is 9.65. The molecule has 2 saturated heterocycles. The predicted octanol–water partition coefficient (Wildman–Crippen LogP) is 2.36. The van der Waals surface area contributed by atoms with Gasteiger partial charge in [0.05, 0.1) is 5.56 Å². The van der Waals surface area contributed by atoms with Crippen LogP contribution in [-0.4, -0.2) is 53.0 Å². The number of phenolic OH excluding ortho intramolecular Hbond substituents is 1. The molecular formula is C15H19ClN2O2. The maximum atomic E-state index is 12.6. The first-order valence-electron chi connectivity index (χ1n) is 7.17. The predicted molar refractivity (Wildman–Crippen MR) is 78.2 cm³/mol. The number of amides is 1. The van der Waals surface area contributed by atoms with Crippen molar-refractivity contribution >= 4 is 17.5 Å². The maximum Gasteiger partial charge on any atom is 0.257 e. The van der Waals surface area contributed by atoms with E-state index in [0.29, 0.717) is 16.6 Å². The Morgan fingerprint density at radius 1 is 1.25 bits per heavy atom. The molecule has 2 aliphatic rings. The largest absolute Gasteiger partial charge is 0.507 e. The molecule has 3 rings (SSSR count). The Morgan fingerprint density at radius 3 is 2.85 bits per heavy atom. The van der Waals surface area contributed by atoms with Crippen LogP contribution < -0.4 is 0 Å². The highest BCUT2D eigenvalue weighted by Crippen LogP contribution is 2.26. The highest BCUT2D eigenvalue weighted by Gasteiger charge is 2.31. The number of phenols is 1. The summed E-state index contributed by atoms with van der Waals surface area (Å²) in [7, 11) is 0. The number of hydrogen-bond donors (Lipinski definition) is 1. The summed E-state index contributed by atoms with van der Waals surface area (Å²) in [4.78, 5) is 16.9. The standard InChI is InChI=1S/C15H19ClN2O2/c16-11-4-5-13(14(19)9-11)15(20)18-8-2-7-17-6-1-3-12(17)10-18/h4-5,9,12,19H,1-3,6-8,10H2. The number of aromatic hydroxyl groups is 1.